The molecule has 0 unspecified atom stereocenters. The van der Waals surface area contributed by atoms with Gasteiger partial charge in [0.25, 0.3) is 10.0 Å². The molecule has 0 atom stereocenters. The van der Waals surface area contributed by atoms with Crippen LogP contribution in [0.3, 0.4) is 0 Å². The van der Waals surface area contributed by atoms with Crippen LogP contribution in [-0.2, 0) is 14.8 Å². The highest BCUT2D eigenvalue weighted by molar-refractivity contribution is 7.92. The highest BCUT2D eigenvalue weighted by atomic mass is 35.5. The number of nitrogens with zero attached hydrogens (tertiary/aromatic N) is 3. The molecule has 2 aromatic carbocycles. The smallest absolute Gasteiger partial charge is 0.324 e. The summed E-state index contributed by atoms with van der Waals surface area (Å²) in [6.07, 6.45) is 3.36. The number of sulfonamides is 1. The molecule has 0 radical (unpaired) electrons. The zero-order valence-corrected chi connectivity index (χ0v) is 18.6. The van der Waals surface area contributed by atoms with Crippen molar-refractivity contribution in [1.29, 1.82) is 0 Å². The van der Waals surface area contributed by atoms with Crippen LogP contribution in [0.5, 0.6) is 0 Å². The van der Waals surface area contributed by atoms with Gasteiger partial charge in [0.2, 0.25) is 0 Å². The second-order valence-corrected chi connectivity index (χ2v) is 9.59. The monoisotopic (exact) mass is 490 g/mol. The molecule has 0 bridgehead atoms. The second-order valence-electron chi connectivity index (χ2n) is 6.86. The Morgan fingerprint density at radius 3 is 2.47 bits per heavy atom. The number of rotatable bonds is 6. The first-order chi connectivity index (χ1) is 15.2. The molecule has 0 fully saturated rings. The van der Waals surface area contributed by atoms with E-state index in [1.807, 2.05) is 0 Å². The molecule has 0 aliphatic heterocycles. The molecular weight excluding hydrogens is 475 g/mol. The van der Waals surface area contributed by atoms with Crippen molar-refractivity contribution in [2.45, 2.75) is 4.90 Å². The minimum absolute atomic E-state index is 0.117. The van der Waals surface area contributed by atoms with E-state index in [2.05, 4.69) is 4.98 Å². The predicted molar refractivity (Wildman–Crippen MR) is 124 cm³/mol. The van der Waals surface area contributed by atoms with E-state index in [9.17, 15) is 18.3 Å². The molecule has 0 saturated heterocycles. The number of aromatic nitrogens is 2. The van der Waals surface area contributed by atoms with E-state index in [1.165, 1.54) is 24.3 Å². The highest BCUT2D eigenvalue weighted by Gasteiger charge is 2.28. The third-order valence-electron chi connectivity index (χ3n) is 4.71. The SMILES string of the molecule is Nc1cccnc1-n1ccc2cc(N(CC(=O)O)S(=O)(=O)c3cc(Cl)cc(Cl)c3)ccc21. The van der Waals surface area contributed by atoms with Crippen molar-refractivity contribution in [1.82, 2.24) is 9.55 Å². The van der Waals surface area contributed by atoms with E-state index >= 15 is 0 Å². The average Bonchev–Trinajstić information content (AvgIpc) is 3.14. The van der Waals surface area contributed by atoms with Gasteiger partial charge in [-0.2, -0.15) is 0 Å². The van der Waals surface area contributed by atoms with Gasteiger partial charge in [-0.3, -0.25) is 13.7 Å². The maximum absolute atomic E-state index is 13.3. The fourth-order valence-corrected chi connectivity index (χ4v) is 5.46. The molecule has 0 spiro atoms. The van der Waals surface area contributed by atoms with Gasteiger partial charge in [-0.05, 0) is 54.6 Å². The Hall–Kier alpha value is -3.27. The fraction of sp³-hybridized carbons (Fsp3) is 0.0476. The van der Waals surface area contributed by atoms with Crippen LogP contribution in [0.2, 0.25) is 10.0 Å². The van der Waals surface area contributed by atoms with Gasteiger partial charge < -0.3 is 10.8 Å². The fourth-order valence-electron chi connectivity index (χ4n) is 3.32. The largest absolute Gasteiger partial charge is 0.480 e. The first-order valence-electron chi connectivity index (χ1n) is 9.19. The van der Waals surface area contributed by atoms with Crippen LogP contribution >= 0.6 is 23.2 Å². The zero-order valence-electron chi connectivity index (χ0n) is 16.3. The van der Waals surface area contributed by atoms with Gasteiger partial charge in [0, 0.05) is 27.8 Å². The van der Waals surface area contributed by atoms with Crippen LogP contribution in [0, 0.1) is 0 Å². The zero-order chi connectivity index (χ0) is 23.0. The van der Waals surface area contributed by atoms with E-state index in [0.29, 0.717) is 16.9 Å². The maximum Gasteiger partial charge on any atom is 0.324 e. The van der Waals surface area contributed by atoms with Crippen molar-refractivity contribution in [2.75, 3.05) is 16.6 Å². The molecule has 4 rings (SSSR count). The lowest BCUT2D eigenvalue weighted by Gasteiger charge is -2.23. The summed E-state index contributed by atoms with van der Waals surface area (Å²) in [5, 5.41) is 10.3. The van der Waals surface area contributed by atoms with Crippen molar-refractivity contribution in [3.05, 3.63) is 77.0 Å². The molecule has 0 amide bonds. The maximum atomic E-state index is 13.3. The molecule has 0 aliphatic carbocycles. The lowest BCUT2D eigenvalue weighted by atomic mass is 10.2. The van der Waals surface area contributed by atoms with E-state index < -0.39 is 22.5 Å². The standard InChI is InChI=1S/C21H16Cl2N4O4S/c22-14-9-15(23)11-17(10-14)32(30,31)27(12-20(28)29)16-3-4-19-13(8-16)5-7-26(19)21-18(24)2-1-6-25-21/h1-11H,12,24H2,(H,28,29). The Bertz CT molecular complexity index is 1430. The van der Waals surface area contributed by atoms with Crippen molar-refractivity contribution < 1.29 is 18.3 Å². The Kier molecular flexibility index (Phi) is 5.72. The number of benzene rings is 2. The van der Waals surface area contributed by atoms with E-state index in [0.717, 1.165) is 9.82 Å². The first-order valence-corrected chi connectivity index (χ1v) is 11.4. The summed E-state index contributed by atoms with van der Waals surface area (Å²) in [6, 6.07) is 13.8. The number of halogens is 2. The van der Waals surface area contributed by atoms with Gasteiger partial charge in [-0.1, -0.05) is 23.2 Å². The molecule has 8 nitrogen and oxygen atoms in total. The minimum atomic E-state index is -4.27. The topological polar surface area (TPSA) is 119 Å². The number of anilines is 2. The van der Waals surface area contributed by atoms with E-state index in [1.54, 1.807) is 47.3 Å². The minimum Gasteiger partial charge on any atom is -0.480 e. The summed E-state index contributed by atoms with van der Waals surface area (Å²) in [5.41, 5.74) is 7.39. The lowest BCUT2D eigenvalue weighted by Crippen LogP contribution is -2.35. The molecule has 164 valence electrons. The molecule has 4 aromatic rings. The number of hydrogen-bond donors (Lipinski definition) is 2. The van der Waals surface area contributed by atoms with Gasteiger partial charge in [-0.25, -0.2) is 13.4 Å². The van der Waals surface area contributed by atoms with Crippen LogP contribution in [-0.4, -0.2) is 35.6 Å². The molecule has 32 heavy (non-hydrogen) atoms. The van der Waals surface area contributed by atoms with E-state index in [-0.39, 0.29) is 20.6 Å². The van der Waals surface area contributed by atoms with Crippen molar-refractivity contribution in [3.8, 4) is 5.82 Å². The van der Waals surface area contributed by atoms with Gasteiger partial charge in [0.15, 0.2) is 5.82 Å². The Labute approximate surface area is 193 Å². The van der Waals surface area contributed by atoms with Crippen LogP contribution < -0.4 is 10.0 Å². The molecule has 11 heteroatoms. The summed E-state index contributed by atoms with van der Waals surface area (Å²) in [4.78, 5) is 15.6. The second kappa shape index (κ2) is 8.34. The number of nitrogen functional groups attached to an aromatic ring is 1. The van der Waals surface area contributed by atoms with Gasteiger partial charge in [0.05, 0.1) is 21.8 Å². The number of hydrogen-bond acceptors (Lipinski definition) is 5. The summed E-state index contributed by atoms with van der Waals surface area (Å²) < 4.78 is 29.1. The Morgan fingerprint density at radius 2 is 1.81 bits per heavy atom. The number of nitrogens with two attached hydrogens (primary N) is 1. The van der Waals surface area contributed by atoms with Crippen LogP contribution in [0.25, 0.3) is 16.7 Å². The third-order valence-corrected chi connectivity index (χ3v) is 6.90. The molecule has 0 aliphatic rings. The van der Waals surface area contributed by atoms with Crippen molar-refractivity contribution in [3.63, 3.8) is 0 Å². The number of carboxylic acids is 1. The number of carbonyl (C=O) groups is 1. The average molecular weight is 491 g/mol. The normalized spacial score (nSPS) is 11.6. The Balaban J connectivity index is 1.83. The number of carboxylic acid groups (broad SMARTS) is 1. The molecule has 3 N–H and O–H groups in total. The van der Waals surface area contributed by atoms with Gasteiger partial charge >= 0.3 is 5.97 Å². The summed E-state index contributed by atoms with van der Waals surface area (Å²) in [7, 11) is -4.27. The molecular formula is C21H16Cl2N4O4S. The van der Waals surface area contributed by atoms with Crippen molar-refractivity contribution >= 4 is 61.5 Å². The third kappa shape index (κ3) is 4.10. The summed E-state index contributed by atoms with van der Waals surface area (Å²) in [5.74, 6) is -0.792. The number of fused-ring (bicyclic) bond motifs is 1. The van der Waals surface area contributed by atoms with Crippen LogP contribution in [0.15, 0.2) is 71.9 Å². The van der Waals surface area contributed by atoms with Crippen LogP contribution in [0.4, 0.5) is 11.4 Å². The number of aliphatic carboxylic acids is 1. The first kappa shape index (κ1) is 21.9. The molecule has 0 saturated carbocycles. The van der Waals surface area contributed by atoms with Crippen molar-refractivity contribution in [2.24, 2.45) is 0 Å². The van der Waals surface area contributed by atoms with Gasteiger partial charge in [0.1, 0.15) is 6.54 Å². The predicted octanol–water partition coefficient (Wildman–Crippen LogP) is 4.19. The summed E-state index contributed by atoms with van der Waals surface area (Å²) in [6.45, 7) is -0.786. The molecule has 2 heterocycles. The van der Waals surface area contributed by atoms with Gasteiger partial charge in [-0.15, -0.1) is 0 Å². The lowest BCUT2D eigenvalue weighted by molar-refractivity contribution is -0.135. The van der Waals surface area contributed by atoms with Crippen LogP contribution in [0.1, 0.15) is 0 Å². The highest BCUT2D eigenvalue weighted by Crippen LogP contribution is 2.31. The quantitative estimate of drug-likeness (QED) is 0.418. The number of pyridine rings is 1. The Morgan fingerprint density at radius 1 is 1.09 bits per heavy atom. The summed E-state index contributed by atoms with van der Waals surface area (Å²) >= 11 is 11.9. The molecule has 2 aromatic heterocycles. The van der Waals surface area contributed by atoms with E-state index in [4.69, 9.17) is 28.9 Å².